The summed E-state index contributed by atoms with van der Waals surface area (Å²) in [7, 11) is 0. The van der Waals surface area contributed by atoms with Gasteiger partial charge in [-0.05, 0) is 52.3 Å². The van der Waals surface area contributed by atoms with Crippen LogP contribution >= 0.6 is 0 Å². The van der Waals surface area contributed by atoms with Crippen molar-refractivity contribution in [1.29, 1.82) is 0 Å². The van der Waals surface area contributed by atoms with Crippen molar-refractivity contribution in [1.82, 2.24) is 14.9 Å². The van der Waals surface area contributed by atoms with Crippen LogP contribution in [-0.2, 0) is 4.74 Å². The number of imidazole rings is 1. The van der Waals surface area contributed by atoms with Crippen molar-refractivity contribution in [2.45, 2.75) is 51.4 Å². The van der Waals surface area contributed by atoms with E-state index in [1.807, 2.05) is 48.9 Å². The summed E-state index contributed by atoms with van der Waals surface area (Å²) in [5.74, 6) is -0.0775. The molecule has 3 rings (SSSR count). The lowest BCUT2D eigenvalue weighted by Gasteiger charge is -2.27. The van der Waals surface area contributed by atoms with Gasteiger partial charge < -0.3 is 14.6 Å². The Morgan fingerprint density at radius 3 is 2.74 bits per heavy atom. The molecule has 122 valence electrons. The molecule has 5 nitrogen and oxygen atoms in total. The second-order valence-electron chi connectivity index (χ2n) is 7.22. The normalized spacial score (nSPS) is 22.0. The minimum Gasteiger partial charge on any atom is -0.367 e. The Balaban J connectivity index is 1.78. The molecule has 1 amide bonds. The van der Waals surface area contributed by atoms with E-state index in [1.165, 1.54) is 0 Å². The molecule has 1 aromatic heterocycles. The monoisotopic (exact) mass is 313 g/mol. The zero-order valence-corrected chi connectivity index (χ0v) is 14.0. The van der Waals surface area contributed by atoms with Gasteiger partial charge in [0.05, 0.1) is 23.6 Å². The first-order valence-corrected chi connectivity index (χ1v) is 7.86. The van der Waals surface area contributed by atoms with Crippen molar-refractivity contribution >= 4 is 5.91 Å². The maximum Gasteiger partial charge on any atom is 0.251 e. The van der Waals surface area contributed by atoms with Gasteiger partial charge in [0.25, 0.3) is 5.91 Å². The van der Waals surface area contributed by atoms with Gasteiger partial charge in [-0.2, -0.15) is 0 Å². The van der Waals surface area contributed by atoms with Crippen LogP contribution in [0, 0.1) is 0 Å². The molecule has 1 aliphatic rings. The van der Waals surface area contributed by atoms with Crippen LogP contribution in [0.2, 0.25) is 0 Å². The Bertz CT molecular complexity index is 705. The number of carbonyl (C=O) groups excluding carboxylic acids is 1. The first-order valence-electron chi connectivity index (χ1n) is 7.86. The molecule has 0 spiro atoms. The lowest BCUT2D eigenvalue weighted by molar-refractivity contribution is -0.0693. The number of ether oxygens (including phenoxy) is 1. The molecule has 1 atom stereocenters. The SMILES string of the molecule is CC1(C)C[C@@H](NC(=O)c2cccc(-n3ccnc3)c2)C(C)(C)O1. The Labute approximate surface area is 136 Å². The van der Waals surface area contributed by atoms with Gasteiger partial charge in [0.1, 0.15) is 0 Å². The summed E-state index contributed by atoms with van der Waals surface area (Å²) in [6.07, 6.45) is 6.08. The van der Waals surface area contributed by atoms with Crippen LogP contribution in [-0.4, -0.2) is 32.7 Å². The van der Waals surface area contributed by atoms with Gasteiger partial charge in [0, 0.05) is 23.6 Å². The summed E-state index contributed by atoms with van der Waals surface area (Å²) >= 11 is 0. The molecule has 0 radical (unpaired) electrons. The van der Waals surface area contributed by atoms with Crippen LogP contribution in [0.25, 0.3) is 5.69 Å². The van der Waals surface area contributed by atoms with Crippen LogP contribution in [0.15, 0.2) is 43.0 Å². The van der Waals surface area contributed by atoms with E-state index in [0.717, 1.165) is 12.1 Å². The molecule has 23 heavy (non-hydrogen) atoms. The molecule has 1 N–H and O–H groups in total. The summed E-state index contributed by atoms with van der Waals surface area (Å²) in [4.78, 5) is 16.7. The summed E-state index contributed by atoms with van der Waals surface area (Å²) in [5, 5.41) is 3.12. The predicted molar refractivity (Wildman–Crippen MR) is 88.7 cm³/mol. The topological polar surface area (TPSA) is 56.2 Å². The molecule has 0 aliphatic carbocycles. The zero-order chi connectivity index (χ0) is 16.7. The lowest BCUT2D eigenvalue weighted by atomic mass is 9.94. The summed E-state index contributed by atoms with van der Waals surface area (Å²) in [5.41, 5.74) is 0.954. The summed E-state index contributed by atoms with van der Waals surface area (Å²) in [6, 6.07) is 7.51. The maximum atomic E-state index is 12.6. The Morgan fingerprint density at radius 1 is 1.35 bits per heavy atom. The Hall–Kier alpha value is -2.14. The molecule has 1 aromatic carbocycles. The second-order valence-corrected chi connectivity index (χ2v) is 7.22. The van der Waals surface area contributed by atoms with Gasteiger partial charge in [0.2, 0.25) is 0 Å². The van der Waals surface area contributed by atoms with Crippen molar-refractivity contribution in [3.8, 4) is 5.69 Å². The average molecular weight is 313 g/mol. The highest BCUT2D eigenvalue weighted by atomic mass is 16.5. The third kappa shape index (κ3) is 3.29. The molecule has 1 saturated heterocycles. The number of rotatable bonds is 3. The van der Waals surface area contributed by atoms with E-state index in [9.17, 15) is 4.79 Å². The number of amides is 1. The molecular weight excluding hydrogens is 290 g/mol. The van der Waals surface area contributed by atoms with Crippen molar-refractivity contribution in [2.75, 3.05) is 0 Å². The van der Waals surface area contributed by atoms with Gasteiger partial charge in [-0.15, -0.1) is 0 Å². The lowest BCUT2D eigenvalue weighted by Crippen LogP contribution is -2.46. The number of hydrogen-bond donors (Lipinski definition) is 1. The maximum absolute atomic E-state index is 12.6. The van der Waals surface area contributed by atoms with Crippen LogP contribution in [0.1, 0.15) is 44.5 Å². The molecule has 2 heterocycles. The van der Waals surface area contributed by atoms with Crippen molar-refractivity contribution in [3.05, 3.63) is 48.5 Å². The van der Waals surface area contributed by atoms with E-state index in [1.54, 1.807) is 12.5 Å². The molecule has 5 heteroatoms. The number of benzene rings is 1. The van der Waals surface area contributed by atoms with Crippen LogP contribution in [0.5, 0.6) is 0 Å². The number of nitrogens with zero attached hydrogens (tertiary/aromatic N) is 2. The van der Waals surface area contributed by atoms with Crippen LogP contribution in [0.4, 0.5) is 0 Å². The molecule has 0 saturated carbocycles. The number of nitrogens with one attached hydrogen (secondary N) is 1. The molecule has 1 aliphatic heterocycles. The van der Waals surface area contributed by atoms with Crippen LogP contribution in [0.3, 0.4) is 0 Å². The fourth-order valence-corrected chi connectivity index (χ4v) is 3.25. The summed E-state index contributed by atoms with van der Waals surface area (Å²) < 4.78 is 7.92. The van der Waals surface area contributed by atoms with E-state index in [-0.39, 0.29) is 23.2 Å². The largest absolute Gasteiger partial charge is 0.367 e. The standard InChI is InChI=1S/C18H23N3O2/c1-17(2)11-15(18(3,4)23-17)20-16(22)13-6-5-7-14(10-13)21-9-8-19-12-21/h5-10,12,15H,11H2,1-4H3,(H,20,22)/t15-/m1/s1. The second kappa shape index (κ2) is 5.49. The average Bonchev–Trinajstić information content (AvgIpc) is 3.05. The number of hydrogen-bond acceptors (Lipinski definition) is 3. The predicted octanol–water partition coefficient (Wildman–Crippen LogP) is 2.95. The smallest absolute Gasteiger partial charge is 0.251 e. The van der Waals surface area contributed by atoms with E-state index in [2.05, 4.69) is 24.1 Å². The fourth-order valence-electron chi connectivity index (χ4n) is 3.25. The zero-order valence-electron chi connectivity index (χ0n) is 14.0. The summed E-state index contributed by atoms with van der Waals surface area (Å²) in [6.45, 7) is 8.16. The van der Waals surface area contributed by atoms with E-state index >= 15 is 0 Å². The van der Waals surface area contributed by atoms with E-state index in [0.29, 0.717) is 5.56 Å². The highest BCUT2D eigenvalue weighted by molar-refractivity contribution is 5.95. The Kier molecular flexibility index (Phi) is 3.76. The fraction of sp³-hybridized carbons (Fsp3) is 0.444. The highest BCUT2D eigenvalue weighted by Crippen LogP contribution is 2.37. The molecule has 0 bridgehead atoms. The molecular formula is C18H23N3O2. The van der Waals surface area contributed by atoms with E-state index < -0.39 is 0 Å². The first kappa shape index (κ1) is 15.7. The first-order chi connectivity index (χ1) is 10.8. The number of aromatic nitrogens is 2. The molecule has 1 fully saturated rings. The highest BCUT2D eigenvalue weighted by Gasteiger charge is 2.46. The van der Waals surface area contributed by atoms with Gasteiger partial charge in [-0.3, -0.25) is 4.79 Å². The van der Waals surface area contributed by atoms with Gasteiger partial charge in [-0.1, -0.05) is 6.07 Å². The third-order valence-electron chi connectivity index (χ3n) is 4.29. The van der Waals surface area contributed by atoms with Crippen molar-refractivity contribution in [3.63, 3.8) is 0 Å². The van der Waals surface area contributed by atoms with E-state index in [4.69, 9.17) is 4.74 Å². The third-order valence-corrected chi connectivity index (χ3v) is 4.29. The minimum absolute atomic E-state index is 0.0121. The van der Waals surface area contributed by atoms with Crippen molar-refractivity contribution < 1.29 is 9.53 Å². The Morgan fingerprint density at radius 2 is 2.13 bits per heavy atom. The quantitative estimate of drug-likeness (QED) is 0.948. The van der Waals surface area contributed by atoms with Gasteiger partial charge >= 0.3 is 0 Å². The molecule has 0 unspecified atom stereocenters. The van der Waals surface area contributed by atoms with Gasteiger partial charge in [-0.25, -0.2) is 4.98 Å². The molecule has 2 aromatic rings. The van der Waals surface area contributed by atoms with Gasteiger partial charge in [0.15, 0.2) is 0 Å². The minimum atomic E-state index is -0.374. The van der Waals surface area contributed by atoms with Crippen LogP contribution < -0.4 is 5.32 Å². The number of carbonyl (C=O) groups is 1. The van der Waals surface area contributed by atoms with Crippen molar-refractivity contribution in [2.24, 2.45) is 0 Å².